The Morgan fingerprint density at radius 3 is 2.66 bits per heavy atom. The number of morpholine rings is 1. The number of hydrogen-bond acceptors (Lipinski definition) is 5. The van der Waals surface area contributed by atoms with Gasteiger partial charge in [-0.2, -0.15) is 0 Å². The van der Waals surface area contributed by atoms with Crippen molar-refractivity contribution in [1.82, 2.24) is 20.2 Å². The summed E-state index contributed by atoms with van der Waals surface area (Å²) in [6.45, 7) is 0.617. The van der Waals surface area contributed by atoms with Gasteiger partial charge in [-0.25, -0.2) is 9.37 Å². The SMILES string of the molecule is CNC(=O)[C@]1(Cc2ccccc2-c2ccc(F)cc2)CN(C(=O)c2cnccn2)CCO1. The molecule has 7 nitrogen and oxygen atoms in total. The van der Waals surface area contributed by atoms with Crippen molar-refractivity contribution in [3.8, 4) is 11.1 Å². The van der Waals surface area contributed by atoms with E-state index in [0.717, 1.165) is 16.7 Å². The molecule has 0 bridgehead atoms. The molecule has 0 spiro atoms. The van der Waals surface area contributed by atoms with Crippen molar-refractivity contribution < 1.29 is 18.7 Å². The van der Waals surface area contributed by atoms with Gasteiger partial charge in [-0.15, -0.1) is 0 Å². The highest BCUT2D eigenvalue weighted by molar-refractivity contribution is 5.93. The second-order valence-corrected chi connectivity index (χ2v) is 7.58. The van der Waals surface area contributed by atoms with Crippen LogP contribution < -0.4 is 5.32 Å². The quantitative estimate of drug-likeness (QED) is 0.667. The predicted octanol–water partition coefficient (Wildman–Crippen LogP) is 2.48. The smallest absolute Gasteiger partial charge is 0.274 e. The molecule has 0 aliphatic carbocycles. The molecular formula is C24H23FN4O3. The standard InChI is InChI=1S/C24H23FN4O3/c1-26-23(31)24(16-29(12-13-32-24)22(30)21-15-27-10-11-28-21)14-18-4-2-3-5-20(18)17-6-8-19(25)9-7-17/h2-11,15H,12-14,16H2,1H3,(H,26,31)/t24-/m0/s1. The van der Waals surface area contributed by atoms with Crippen LogP contribution in [-0.4, -0.2) is 59.0 Å². The minimum atomic E-state index is -1.28. The predicted molar refractivity (Wildman–Crippen MR) is 116 cm³/mol. The van der Waals surface area contributed by atoms with Crippen molar-refractivity contribution >= 4 is 11.8 Å². The molecule has 3 aromatic rings. The molecule has 0 saturated carbocycles. The number of amides is 2. The number of hydrogen-bond donors (Lipinski definition) is 1. The Kier molecular flexibility index (Phi) is 6.23. The van der Waals surface area contributed by atoms with E-state index in [4.69, 9.17) is 4.74 Å². The number of rotatable bonds is 5. The lowest BCUT2D eigenvalue weighted by molar-refractivity contribution is -0.156. The first-order chi connectivity index (χ1) is 15.5. The van der Waals surface area contributed by atoms with E-state index in [0.29, 0.717) is 6.54 Å². The monoisotopic (exact) mass is 434 g/mol. The van der Waals surface area contributed by atoms with E-state index < -0.39 is 5.60 Å². The summed E-state index contributed by atoms with van der Waals surface area (Å²) < 4.78 is 19.5. The van der Waals surface area contributed by atoms with Crippen LogP contribution in [0, 0.1) is 5.82 Å². The minimum absolute atomic E-state index is 0.0693. The Bertz CT molecular complexity index is 1110. The summed E-state index contributed by atoms with van der Waals surface area (Å²) >= 11 is 0. The Balaban J connectivity index is 1.67. The zero-order chi connectivity index (χ0) is 22.6. The lowest BCUT2D eigenvalue weighted by Gasteiger charge is -2.41. The minimum Gasteiger partial charge on any atom is -0.361 e. The summed E-state index contributed by atoms with van der Waals surface area (Å²) in [6, 6.07) is 13.8. The van der Waals surface area contributed by atoms with Crippen LogP contribution in [0.15, 0.2) is 67.1 Å². The number of likely N-dealkylation sites (N-methyl/N-ethyl adjacent to an activating group) is 1. The molecule has 1 N–H and O–H groups in total. The Labute approximate surface area is 185 Å². The molecule has 0 unspecified atom stereocenters. The molecule has 1 aliphatic heterocycles. The lowest BCUT2D eigenvalue weighted by Crippen LogP contribution is -2.61. The van der Waals surface area contributed by atoms with Gasteiger partial charge in [0.2, 0.25) is 0 Å². The Morgan fingerprint density at radius 1 is 1.16 bits per heavy atom. The summed E-state index contributed by atoms with van der Waals surface area (Å²) in [4.78, 5) is 35.6. The van der Waals surface area contributed by atoms with Gasteiger partial charge >= 0.3 is 0 Å². The molecule has 2 amide bonds. The Morgan fingerprint density at radius 2 is 1.94 bits per heavy atom. The van der Waals surface area contributed by atoms with Crippen molar-refractivity contribution in [2.24, 2.45) is 0 Å². The molecule has 1 fully saturated rings. The fourth-order valence-corrected chi connectivity index (χ4v) is 3.97. The number of carbonyl (C=O) groups is 2. The number of nitrogens with one attached hydrogen (secondary N) is 1. The van der Waals surface area contributed by atoms with Crippen molar-refractivity contribution in [2.45, 2.75) is 12.0 Å². The van der Waals surface area contributed by atoms with Gasteiger partial charge in [0, 0.05) is 32.4 Å². The maximum atomic E-state index is 13.4. The molecule has 2 heterocycles. The second kappa shape index (κ2) is 9.23. The highest BCUT2D eigenvalue weighted by Gasteiger charge is 2.45. The highest BCUT2D eigenvalue weighted by Crippen LogP contribution is 2.31. The van der Waals surface area contributed by atoms with Gasteiger partial charge in [0.1, 0.15) is 11.5 Å². The molecular weight excluding hydrogens is 411 g/mol. The maximum absolute atomic E-state index is 13.4. The van der Waals surface area contributed by atoms with E-state index in [-0.39, 0.29) is 42.9 Å². The number of aromatic nitrogens is 2. The average Bonchev–Trinajstić information content (AvgIpc) is 2.84. The average molecular weight is 434 g/mol. The van der Waals surface area contributed by atoms with Gasteiger partial charge in [0.05, 0.1) is 19.3 Å². The third-order valence-corrected chi connectivity index (χ3v) is 5.54. The zero-order valence-corrected chi connectivity index (χ0v) is 17.6. The summed E-state index contributed by atoms with van der Waals surface area (Å²) in [5, 5.41) is 2.68. The second-order valence-electron chi connectivity index (χ2n) is 7.58. The van der Waals surface area contributed by atoms with Gasteiger partial charge in [-0.1, -0.05) is 36.4 Å². The molecule has 1 saturated heterocycles. The topological polar surface area (TPSA) is 84.4 Å². The first-order valence-corrected chi connectivity index (χ1v) is 10.3. The number of carbonyl (C=O) groups excluding carboxylic acids is 2. The Hall–Kier alpha value is -3.65. The molecule has 1 atom stereocenters. The third-order valence-electron chi connectivity index (χ3n) is 5.54. The van der Waals surface area contributed by atoms with Crippen LogP contribution in [0.5, 0.6) is 0 Å². The van der Waals surface area contributed by atoms with Crippen molar-refractivity contribution in [2.75, 3.05) is 26.7 Å². The fraction of sp³-hybridized carbons (Fsp3) is 0.250. The molecule has 32 heavy (non-hydrogen) atoms. The molecule has 8 heteroatoms. The first kappa shape index (κ1) is 21.6. The van der Waals surface area contributed by atoms with Gasteiger partial charge in [-0.05, 0) is 28.8 Å². The maximum Gasteiger partial charge on any atom is 0.274 e. The van der Waals surface area contributed by atoms with E-state index in [1.54, 1.807) is 24.1 Å². The van der Waals surface area contributed by atoms with Gasteiger partial charge in [-0.3, -0.25) is 14.6 Å². The molecule has 1 aliphatic rings. The summed E-state index contributed by atoms with van der Waals surface area (Å²) in [5.41, 5.74) is 1.50. The van der Waals surface area contributed by atoms with Crippen LogP contribution in [0.1, 0.15) is 16.1 Å². The normalized spacial score (nSPS) is 18.2. The molecule has 164 valence electrons. The van der Waals surface area contributed by atoms with Crippen molar-refractivity contribution in [3.63, 3.8) is 0 Å². The number of nitrogens with zero attached hydrogens (tertiary/aromatic N) is 3. The lowest BCUT2D eigenvalue weighted by atomic mass is 9.87. The largest absolute Gasteiger partial charge is 0.361 e. The van der Waals surface area contributed by atoms with Crippen LogP contribution in [0.25, 0.3) is 11.1 Å². The van der Waals surface area contributed by atoms with Crippen LogP contribution in [-0.2, 0) is 16.0 Å². The van der Waals surface area contributed by atoms with E-state index in [9.17, 15) is 14.0 Å². The van der Waals surface area contributed by atoms with Crippen LogP contribution in [0.2, 0.25) is 0 Å². The van der Waals surface area contributed by atoms with E-state index in [1.807, 2.05) is 24.3 Å². The molecule has 0 radical (unpaired) electrons. The molecule has 4 rings (SSSR count). The van der Waals surface area contributed by atoms with Crippen LogP contribution in [0.3, 0.4) is 0 Å². The zero-order valence-electron chi connectivity index (χ0n) is 17.6. The summed E-state index contributed by atoms with van der Waals surface area (Å²) in [5.74, 6) is -0.939. The molecule has 1 aromatic heterocycles. The summed E-state index contributed by atoms with van der Waals surface area (Å²) in [7, 11) is 1.54. The van der Waals surface area contributed by atoms with E-state index in [1.165, 1.54) is 30.7 Å². The van der Waals surface area contributed by atoms with Gasteiger partial charge < -0.3 is 15.0 Å². The summed E-state index contributed by atoms with van der Waals surface area (Å²) in [6.07, 6.45) is 4.60. The van der Waals surface area contributed by atoms with Crippen molar-refractivity contribution in [3.05, 3.63) is 84.2 Å². The molecule has 2 aromatic carbocycles. The number of ether oxygens (including phenoxy) is 1. The number of benzene rings is 2. The van der Waals surface area contributed by atoms with E-state index >= 15 is 0 Å². The van der Waals surface area contributed by atoms with Gasteiger partial charge in [0.15, 0.2) is 5.60 Å². The van der Waals surface area contributed by atoms with E-state index in [2.05, 4.69) is 15.3 Å². The van der Waals surface area contributed by atoms with Gasteiger partial charge in [0.25, 0.3) is 11.8 Å². The van der Waals surface area contributed by atoms with Crippen LogP contribution >= 0.6 is 0 Å². The fourth-order valence-electron chi connectivity index (χ4n) is 3.97. The number of halogens is 1. The highest BCUT2D eigenvalue weighted by atomic mass is 19.1. The third kappa shape index (κ3) is 4.36. The van der Waals surface area contributed by atoms with Crippen molar-refractivity contribution in [1.29, 1.82) is 0 Å². The van der Waals surface area contributed by atoms with Crippen LogP contribution in [0.4, 0.5) is 4.39 Å². The first-order valence-electron chi connectivity index (χ1n) is 10.3.